The third kappa shape index (κ3) is 4.77. The Bertz CT molecular complexity index is 955. The molecule has 0 fully saturated rings. The van der Waals surface area contributed by atoms with Crippen LogP contribution in [0, 0.1) is 0 Å². The molecule has 3 rings (SSSR count). The normalized spacial score (nSPS) is 11.3. The second kappa shape index (κ2) is 7.56. The van der Waals surface area contributed by atoms with E-state index in [1.807, 2.05) is 61.8 Å². The zero-order chi connectivity index (χ0) is 19.6. The van der Waals surface area contributed by atoms with Crippen molar-refractivity contribution in [3.63, 3.8) is 0 Å². The van der Waals surface area contributed by atoms with Crippen LogP contribution in [0.4, 0.5) is 16.2 Å². The van der Waals surface area contributed by atoms with E-state index in [2.05, 4.69) is 52.4 Å². The number of benzene rings is 2. The highest BCUT2D eigenvalue weighted by molar-refractivity contribution is 9.10. The van der Waals surface area contributed by atoms with Gasteiger partial charge in [0.1, 0.15) is 5.69 Å². The van der Waals surface area contributed by atoms with Gasteiger partial charge in [0.15, 0.2) is 0 Å². The largest absolute Gasteiger partial charge is 0.323 e. The second-order valence-electron chi connectivity index (χ2n) is 7.49. The highest BCUT2D eigenvalue weighted by atomic mass is 79.9. The van der Waals surface area contributed by atoms with E-state index in [0.717, 1.165) is 21.4 Å². The number of urea groups is 1. The number of nitrogens with zero attached hydrogens (tertiary/aromatic N) is 2. The van der Waals surface area contributed by atoms with E-state index in [1.54, 1.807) is 4.68 Å². The maximum Gasteiger partial charge on any atom is 0.323 e. The number of nitrogens with one attached hydrogen (secondary N) is 2. The number of carbonyl (C=O) groups is 1. The molecule has 3 aromatic rings. The molecule has 0 saturated carbocycles. The summed E-state index contributed by atoms with van der Waals surface area (Å²) in [6, 6.07) is 15.2. The molecule has 1 aromatic heterocycles. The van der Waals surface area contributed by atoms with Crippen LogP contribution >= 0.6 is 15.9 Å². The van der Waals surface area contributed by atoms with Gasteiger partial charge in [-0.3, -0.25) is 4.68 Å². The van der Waals surface area contributed by atoms with E-state index in [9.17, 15) is 4.79 Å². The Morgan fingerprint density at radius 3 is 2.30 bits per heavy atom. The average Bonchev–Trinajstić information content (AvgIpc) is 2.93. The molecule has 0 radical (unpaired) electrons. The lowest BCUT2D eigenvalue weighted by molar-refractivity contribution is 0.262. The molecule has 0 unspecified atom stereocenters. The lowest BCUT2D eigenvalue weighted by Gasteiger charge is -2.19. The van der Waals surface area contributed by atoms with Crippen molar-refractivity contribution < 1.29 is 4.79 Å². The van der Waals surface area contributed by atoms with Crippen LogP contribution in [0.3, 0.4) is 0 Å². The summed E-state index contributed by atoms with van der Waals surface area (Å²) in [6.45, 7) is 6.49. The fraction of sp³-hybridized carbons (Fsp3) is 0.238. The molecule has 0 spiro atoms. The Balaban J connectivity index is 1.69. The van der Waals surface area contributed by atoms with Crippen LogP contribution in [-0.2, 0) is 12.5 Å². The minimum atomic E-state index is -0.282. The molecular weight excluding hydrogens is 404 g/mol. The topological polar surface area (TPSA) is 59.0 Å². The zero-order valence-corrected chi connectivity index (χ0v) is 17.5. The van der Waals surface area contributed by atoms with E-state index in [-0.39, 0.29) is 11.4 Å². The van der Waals surface area contributed by atoms with Crippen LogP contribution in [0.1, 0.15) is 26.3 Å². The number of amides is 2. The maximum absolute atomic E-state index is 12.3. The Kier molecular flexibility index (Phi) is 5.37. The van der Waals surface area contributed by atoms with E-state index in [1.165, 1.54) is 5.56 Å². The van der Waals surface area contributed by atoms with Crippen LogP contribution in [-0.4, -0.2) is 15.8 Å². The van der Waals surface area contributed by atoms with Crippen molar-refractivity contribution in [3.8, 4) is 11.3 Å². The predicted molar refractivity (Wildman–Crippen MR) is 114 cm³/mol. The summed E-state index contributed by atoms with van der Waals surface area (Å²) in [5.74, 6) is 0. The van der Waals surface area contributed by atoms with Crippen molar-refractivity contribution in [1.29, 1.82) is 0 Å². The first kappa shape index (κ1) is 19.2. The van der Waals surface area contributed by atoms with Gasteiger partial charge in [-0.05, 0) is 51.2 Å². The number of aryl methyl sites for hydroxylation is 1. The fourth-order valence-electron chi connectivity index (χ4n) is 2.75. The minimum absolute atomic E-state index is 0.0843. The number of anilines is 2. The van der Waals surface area contributed by atoms with Gasteiger partial charge in [-0.25, -0.2) is 4.79 Å². The second-order valence-corrected chi connectivity index (χ2v) is 8.34. The van der Waals surface area contributed by atoms with Gasteiger partial charge in [-0.15, -0.1) is 0 Å². The van der Waals surface area contributed by atoms with Gasteiger partial charge < -0.3 is 10.6 Å². The summed E-state index contributed by atoms with van der Waals surface area (Å²) >= 11 is 3.51. The molecule has 0 saturated heterocycles. The standard InChI is InChI=1S/C21H23BrN4O/c1-21(2,3)15-8-10-16(11-9-15)23-20(27)24-17-7-5-6-14(12-17)19-18(22)13-26(4)25-19/h5-13H,1-4H3,(H2,23,24,27). The molecule has 2 aromatic carbocycles. The lowest BCUT2D eigenvalue weighted by atomic mass is 9.87. The number of hydrogen-bond donors (Lipinski definition) is 2. The summed E-state index contributed by atoms with van der Waals surface area (Å²) < 4.78 is 2.65. The van der Waals surface area contributed by atoms with E-state index in [4.69, 9.17) is 0 Å². The van der Waals surface area contributed by atoms with Crippen molar-refractivity contribution in [2.45, 2.75) is 26.2 Å². The molecule has 2 N–H and O–H groups in total. The Hall–Kier alpha value is -2.60. The van der Waals surface area contributed by atoms with Crippen molar-refractivity contribution in [1.82, 2.24) is 9.78 Å². The first-order chi connectivity index (χ1) is 12.7. The molecule has 0 bridgehead atoms. The highest BCUT2D eigenvalue weighted by Crippen LogP contribution is 2.28. The minimum Gasteiger partial charge on any atom is -0.308 e. The molecule has 5 nitrogen and oxygen atoms in total. The molecule has 0 aliphatic rings. The third-order valence-electron chi connectivity index (χ3n) is 4.19. The van der Waals surface area contributed by atoms with Gasteiger partial charge in [-0.2, -0.15) is 5.10 Å². The summed E-state index contributed by atoms with van der Waals surface area (Å²) in [5, 5.41) is 10.2. The highest BCUT2D eigenvalue weighted by Gasteiger charge is 2.13. The van der Waals surface area contributed by atoms with Crippen LogP contribution in [0.2, 0.25) is 0 Å². The maximum atomic E-state index is 12.3. The van der Waals surface area contributed by atoms with Gasteiger partial charge >= 0.3 is 6.03 Å². The van der Waals surface area contributed by atoms with Gasteiger partial charge in [0.2, 0.25) is 0 Å². The van der Waals surface area contributed by atoms with Crippen LogP contribution < -0.4 is 10.6 Å². The predicted octanol–water partition coefficient (Wildman–Crippen LogP) is 5.79. The average molecular weight is 427 g/mol. The molecule has 0 atom stereocenters. The molecule has 2 amide bonds. The van der Waals surface area contributed by atoms with Crippen LogP contribution in [0.25, 0.3) is 11.3 Å². The smallest absolute Gasteiger partial charge is 0.308 e. The zero-order valence-electron chi connectivity index (χ0n) is 15.9. The number of hydrogen-bond acceptors (Lipinski definition) is 2. The number of rotatable bonds is 3. The molecule has 1 heterocycles. The van der Waals surface area contributed by atoms with E-state index >= 15 is 0 Å². The first-order valence-electron chi connectivity index (χ1n) is 8.70. The third-order valence-corrected chi connectivity index (χ3v) is 4.77. The van der Waals surface area contributed by atoms with Crippen molar-refractivity contribution in [2.24, 2.45) is 7.05 Å². The number of halogens is 1. The summed E-state index contributed by atoms with van der Waals surface area (Å²) in [4.78, 5) is 12.3. The molecule has 27 heavy (non-hydrogen) atoms. The Morgan fingerprint density at radius 1 is 1.04 bits per heavy atom. The Morgan fingerprint density at radius 2 is 1.70 bits per heavy atom. The van der Waals surface area contributed by atoms with Gasteiger partial charge in [0.25, 0.3) is 0 Å². The fourth-order valence-corrected chi connectivity index (χ4v) is 3.35. The van der Waals surface area contributed by atoms with Gasteiger partial charge in [0, 0.05) is 30.2 Å². The van der Waals surface area contributed by atoms with Gasteiger partial charge in [0.05, 0.1) is 4.47 Å². The molecule has 6 heteroatoms. The molecule has 0 aliphatic carbocycles. The summed E-state index contributed by atoms with van der Waals surface area (Å²) in [5.41, 5.74) is 4.52. The summed E-state index contributed by atoms with van der Waals surface area (Å²) in [7, 11) is 1.87. The quantitative estimate of drug-likeness (QED) is 0.556. The van der Waals surface area contributed by atoms with Crippen molar-refractivity contribution in [2.75, 3.05) is 10.6 Å². The molecule has 0 aliphatic heterocycles. The van der Waals surface area contributed by atoms with Crippen LogP contribution in [0.15, 0.2) is 59.2 Å². The molecular formula is C21H23BrN4O. The van der Waals surface area contributed by atoms with E-state index < -0.39 is 0 Å². The van der Waals surface area contributed by atoms with Crippen molar-refractivity contribution >= 4 is 33.3 Å². The van der Waals surface area contributed by atoms with E-state index in [0.29, 0.717) is 5.69 Å². The number of aromatic nitrogens is 2. The first-order valence-corrected chi connectivity index (χ1v) is 9.50. The van der Waals surface area contributed by atoms with Gasteiger partial charge in [-0.1, -0.05) is 45.0 Å². The lowest BCUT2D eigenvalue weighted by Crippen LogP contribution is -2.19. The van der Waals surface area contributed by atoms with Crippen LogP contribution in [0.5, 0.6) is 0 Å². The Labute approximate surface area is 167 Å². The SMILES string of the molecule is Cn1cc(Br)c(-c2cccc(NC(=O)Nc3ccc(C(C)(C)C)cc3)c2)n1. The monoisotopic (exact) mass is 426 g/mol. The van der Waals surface area contributed by atoms with Crippen molar-refractivity contribution in [3.05, 3.63) is 64.8 Å². The molecule has 140 valence electrons. The number of carbonyl (C=O) groups excluding carboxylic acids is 1. The summed E-state index contributed by atoms with van der Waals surface area (Å²) in [6.07, 6.45) is 1.89.